The number of carboxylic acid groups (broad SMARTS) is 1. The molecule has 5 rings (SSSR count). The predicted octanol–water partition coefficient (Wildman–Crippen LogP) is -0.293. The third-order valence-corrected chi connectivity index (χ3v) is 14.6. The lowest BCUT2D eigenvalue weighted by molar-refractivity contribution is -0.143. The zero-order valence-electron chi connectivity index (χ0n) is 49.0. The molecule has 27 nitrogen and oxygen atoms in total. The zero-order valence-corrected chi connectivity index (χ0v) is 49.0. The number of amides is 8. The molecule has 1 saturated heterocycles. The van der Waals surface area contributed by atoms with Crippen LogP contribution in [0.2, 0.25) is 0 Å². The van der Waals surface area contributed by atoms with Crippen molar-refractivity contribution in [2.45, 2.75) is 160 Å². The van der Waals surface area contributed by atoms with Gasteiger partial charge in [0.2, 0.25) is 47.3 Å². The van der Waals surface area contributed by atoms with E-state index in [1.807, 2.05) is 13.8 Å². The summed E-state index contributed by atoms with van der Waals surface area (Å²) >= 11 is 0. The minimum atomic E-state index is -1.35. The molecule has 8 amide bonds. The number of benzene rings is 2. The molecule has 4 aromatic rings. The van der Waals surface area contributed by atoms with Crippen LogP contribution in [0, 0.1) is 17.8 Å². The lowest BCUT2D eigenvalue weighted by atomic mass is 9.96. The summed E-state index contributed by atoms with van der Waals surface area (Å²) in [6.07, 6.45) is 6.94. The molecule has 0 spiro atoms. The largest absolute Gasteiger partial charge is 0.508 e. The molecule has 0 saturated carbocycles. The van der Waals surface area contributed by atoms with Gasteiger partial charge in [-0.2, -0.15) is 0 Å². The van der Waals surface area contributed by atoms with Crippen molar-refractivity contribution in [1.82, 2.24) is 62.1 Å². The number of hydrogen-bond acceptors (Lipinski definition) is 14. The normalized spacial score (nSPS) is 16.2. The van der Waals surface area contributed by atoms with Gasteiger partial charge in [-0.25, -0.2) is 14.8 Å². The van der Waals surface area contributed by atoms with Crippen LogP contribution in [-0.4, -0.2) is 162 Å². The van der Waals surface area contributed by atoms with Crippen molar-refractivity contribution in [2.75, 3.05) is 13.1 Å². The number of imidazole rings is 2. The molecule has 10 atom stereocenters. The molecule has 3 heterocycles. The van der Waals surface area contributed by atoms with Crippen molar-refractivity contribution >= 4 is 59.2 Å². The number of H-pyrrole nitrogens is 2. The molecule has 2 aromatic carbocycles. The number of aliphatic carboxylic acids is 1. The number of aromatic amines is 2. The molecular formula is C58H84N16O11. The second-order valence-corrected chi connectivity index (χ2v) is 22.2. The van der Waals surface area contributed by atoms with E-state index in [0.717, 1.165) is 0 Å². The number of nitrogens with two attached hydrogens (primary N) is 3. The van der Waals surface area contributed by atoms with Crippen LogP contribution >= 0.6 is 0 Å². The van der Waals surface area contributed by atoms with Crippen molar-refractivity contribution in [3.05, 3.63) is 102 Å². The topological polar surface area (TPSA) is 429 Å². The molecule has 1 aliphatic rings. The Morgan fingerprint density at radius 3 is 1.73 bits per heavy atom. The quantitative estimate of drug-likeness (QED) is 0.0166. The van der Waals surface area contributed by atoms with Crippen LogP contribution in [0.15, 0.2) is 84.6 Å². The second kappa shape index (κ2) is 32.8. The highest BCUT2D eigenvalue weighted by atomic mass is 16.4. The number of guanidine groups is 1. The van der Waals surface area contributed by atoms with E-state index in [-0.39, 0.29) is 75.7 Å². The molecule has 85 heavy (non-hydrogen) atoms. The number of aromatic hydroxyl groups is 1. The van der Waals surface area contributed by atoms with Gasteiger partial charge in [0, 0.05) is 62.6 Å². The summed E-state index contributed by atoms with van der Waals surface area (Å²) in [5, 5.41) is 39.2. The monoisotopic (exact) mass is 1180 g/mol. The smallest absolute Gasteiger partial charge is 0.326 e. The number of nitrogens with one attached hydrogen (secondary N) is 9. The van der Waals surface area contributed by atoms with E-state index >= 15 is 0 Å². The molecule has 0 radical (unpaired) electrons. The number of aromatic nitrogens is 4. The minimum Gasteiger partial charge on any atom is -0.508 e. The average molecular weight is 1180 g/mol. The molecule has 1 fully saturated rings. The molecule has 0 aliphatic carbocycles. The summed E-state index contributed by atoms with van der Waals surface area (Å²) in [4.78, 5) is 146. The number of carboxylic acids is 1. The second-order valence-electron chi connectivity index (χ2n) is 22.2. The Balaban J connectivity index is 1.38. The maximum atomic E-state index is 15.0. The number of phenols is 1. The van der Waals surface area contributed by atoms with Crippen LogP contribution in [0.1, 0.15) is 103 Å². The number of phenolic OH excluding ortho intramolecular Hbond substituents is 1. The first kappa shape index (κ1) is 66.9. The van der Waals surface area contributed by atoms with E-state index in [9.17, 15) is 53.4 Å². The van der Waals surface area contributed by atoms with E-state index in [1.165, 1.54) is 42.1 Å². The first-order valence-corrected chi connectivity index (χ1v) is 28.7. The Labute approximate surface area is 494 Å². The van der Waals surface area contributed by atoms with Crippen molar-refractivity contribution in [3.63, 3.8) is 0 Å². The Hall–Kier alpha value is -8.88. The predicted molar refractivity (Wildman–Crippen MR) is 314 cm³/mol. The molecule has 17 N–H and O–H groups in total. The molecular weight excluding hydrogens is 1100 g/mol. The fraction of sp³-hybridized carbons (Fsp3) is 0.517. The Kier molecular flexibility index (Phi) is 25.8. The van der Waals surface area contributed by atoms with Crippen LogP contribution in [-0.2, 0) is 68.8 Å². The van der Waals surface area contributed by atoms with Gasteiger partial charge in [-0.1, -0.05) is 90.4 Å². The van der Waals surface area contributed by atoms with Crippen LogP contribution in [0.5, 0.6) is 5.75 Å². The van der Waals surface area contributed by atoms with Crippen LogP contribution < -0.4 is 54.4 Å². The number of rotatable bonds is 33. The van der Waals surface area contributed by atoms with Gasteiger partial charge in [0.1, 0.15) is 54.1 Å². The van der Waals surface area contributed by atoms with E-state index in [2.05, 4.69) is 62.1 Å². The van der Waals surface area contributed by atoms with E-state index in [4.69, 9.17) is 17.2 Å². The van der Waals surface area contributed by atoms with Crippen molar-refractivity contribution in [3.8, 4) is 5.75 Å². The number of likely N-dealkylation sites (tertiary alicyclic amines) is 1. The highest BCUT2D eigenvalue weighted by Crippen LogP contribution is 2.22. The summed E-state index contributed by atoms with van der Waals surface area (Å²) in [5.41, 5.74) is 19.1. The van der Waals surface area contributed by atoms with Gasteiger partial charge in [-0.05, 0) is 73.1 Å². The molecule has 1 aliphatic heterocycles. The lowest BCUT2D eigenvalue weighted by Gasteiger charge is -2.32. The fourth-order valence-corrected chi connectivity index (χ4v) is 9.71. The average Bonchev–Trinajstić information content (AvgIpc) is 4.49. The van der Waals surface area contributed by atoms with Crippen molar-refractivity contribution < 1.29 is 53.4 Å². The standard InChI is InChI=1S/C58H84N16O11/c1-7-34(6)48(73-52(79)42(25-36-17-19-39(75)20-18-36)69-54(81)47(33(4)5)72-49(76)40(59)15-11-21-64-58(60)61)55(82)70-44(27-38-29-63-31-66-38)56(83)74-22-12-16-46(74)53(80)68-41(24-35-13-9-8-10-14-35)50(77)67-43(26-37-28-62-30-65-37)51(78)71-45(57(84)85)23-32(2)3/h8-10,13-14,17-20,28-34,40-48,75H,7,11-12,15-16,21-27,59H2,1-6H3,(H,62,65)(H,63,66)(H,67,77)(H,68,80)(H,69,81)(H,70,82)(H,71,78)(H,72,76)(H,73,79)(H,84,85)(H4,60,61,64)/t34-,40+,41+,42+,43+,44+,45+,46+,47+,48-/m1/s1. The zero-order chi connectivity index (χ0) is 62.3. The number of aliphatic imine (C=N–C) groups is 1. The Bertz CT molecular complexity index is 2870. The van der Waals surface area contributed by atoms with Gasteiger partial charge in [-0.3, -0.25) is 43.3 Å². The summed E-state index contributed by atoms with van der Waals surface area (Å²) in [6.45, 7) is 10.9. The van der Waals surface area contributed by atoms with E-state index in [1.54, 1.807) is 70.2 Å². The highest BCUT2D eigenvalue weighted by molar-refractivity contribution is 5.98. The Morgan fingerprint density at radius 2 is 1.18 bits per heavy atom. The third-order valence-electron chi connectivity index (χ3n) is 14.6. The SMILES string of the molecule is CC[C@@H](C)[C@@H](NC(=O)[C@H](Cc1ccc(O)cc1)NC(=O)[C@@H](NC(=O)[C@@H](N)CCCN=C(N)N)C(C)C)C(=O)N[C@@H](Cc1cnc[nH]1)C(=O)N1CCC[C@H]1C(=O)N[C@@H](Cc1ccccc1)C(=O)N[C@@H](Cc1cnc[nH]1)C(=O)N[C@@H](CC(C)C)C(=O)O. The molecule has 27 heteroatoms. The number of nitrogens with zero attached hydrogens (tertiary/aromatic N) is 4. The van der Waals surface area contributed by atoms with E-state index < -0.39 is 119 Å². The summed E-state index contributed by atoms with van der Waals surface area (Å²) in [5.74, 6) is -8.30. The maximum Gasteiger partial charge on any atom is 0.326 e. The lowest BCUT2D eigenvalue weighted by Crippen LogP contribution is -2.62. The maximum absolute atomic E-state index is 15.0. The van der Waals surface area contributed by atoms with E-state index in [0.29, 0.717) is 41.8 Å². The summed E-state index contributed by atoms with van der Waals surface area (Å²) < 4.78 is 0. The fourth-order valence-electron chi connectivity index (χ4n) is 9.71. The van der Waals surface area contributed by atoms with Crippen molar-refractivity contribution in [2.24, 2.45) is 39.9 Å². The van der Waals surface area contributed by atoms with Gasteiger partial charge in [-0.15, -0.1) is 0 Å². The first-order chi connectivity index (χ1) is 40.4. The molecule has 0 bridgehead atoms. The molecule has 462 valence electrons. The summed E-state index contributed by atoms with van der Waals surface area (Å²) in [7, 11) is 0. The van der Waals surface area contributed by atoms with Gasteiger partial charge >= 0.3 is 5.97 Å². The Morgan fingerprint density at radius 1 is 0.659 bits per heavy atom. The van der Waals surface area contributed by atoms with Gasteiger partial charge in [0.15, 0.2) is 5.96 Å². The minimum absolute atomic E-state index is 0.0415. The molecule has 2 aromatic heterocycles. The van der Waals surface area contributed by atoms with Crippen LogP contribution in [0.3, 0.4) is 0 Å². The van der Waals surface area contributed by atoms with Crippen molar-refractivity contribution in [1.29, 1.82) is 0 Å². The number of hydrogen-bond donors (Lipinski definition) is 14. The number of carbonyl (C=O) groups is 9. The van der Waals surface area contributed by atoms with Crippen LogP contribution in [0.4, 0.5) is 0 Å². The molecule has 0 unspecified atom stereocenters. The van der Waals surface area contributed by atoms with Crippen LogP contribution in [0.25, 0.3) is 0 Å². The third kappa shape index (κ3) is 21.1. The van der Waals surface area contributed by atoms with Gasteiger partial charge in [0.25, 0.3) is 0 Å². The summed E-state index contributed by atoms with van der Waals surface area (Å²) in [6, 6.07) is 3.56. The number of carbonyl (C=O) groups excluding carboxylic acids is 8. The van der Waals surface area contributed by atoms with Gasteiger partial charge in [0.05, 0.1) is 18.7 Å². The first-order valence-electron chi connectivity index (χ1n) is 28.7. The van der Waals surface area contributed by atoms with Gasteiger partial charge < -0.3 is 79.5 Å². The highest BCUT2D eigenvalue weighted by Gasteiger charge is 2.41.